The number of hydrogen-bond donors (Lipinski definition) is 1. The summed E-state index contributed by atoms with van der Waals surface area (Å²) in [5.74, 6) is -0.581. The first-order valence-electron chi connectivity index (χ1n) is 6.05. The average Bonchev–Trinajstić information content (AvgIpc) is 2.98. The standard InChI is InChI=1S/C11H17N5O3/c1-8(5-19-2)16-4-9(3-10(16)17)11(18)14-15-6-12-13-7-15/h6-9H,3-5H2,1-2H3,(H,14,18)/t8-,9-/m0/s1. The van der Waals surface area contributed by atoms with E-state index in [0.717, 1.165) is 0 Å². The van der Waals surface area contributed by atoms with Crippen LogP contribution in [-0.4, -0.2) is 57.9 Å². The number of amides is 2. The highest BCUT2D eigenvalue weighted by atomic mass is 16.5. The van der Waals surface area contributed by atoms with Gasteiger partial charge in [-0.15, -0.1) is 10.2 Å². The van der Waals surface area contributed by atoms with Crippen molar-refractivity contribution in [3.8, 4) is 0 Å². The number of nitrogens with one attached hydrogen (secondary N) is 1. The number of methoxy groups -OCH3 is 1. The first-order valence-corrected chi connectivity index (χ1v) is 6.05. The normalized spacial score (nSPS) is 20.6. The molecule has 2 heterocycles. The molecule has 19 heavy (non-hydrogen) atoms. The van der Waals surface area contributed by atoms with Gasteiger partial charge in [-0.05, 0) is 6.92 Å². The zero-order chi connectivity index (χ0) is 13.8. The molecule has 1 aromatic heterocycles. The summed E-state index contributed by atoms with van der Waals surface area (Å²) >= 11 is 0. The van der Waals surface area contributed by atoms with Gasteiger partial charge in [-0.1, -0.05) is 0 Å². The van der Waals surface area contributed by atoms with Crippen molar-refractivity contribution in [1.82, 2.24) is 19.8 Å². The molecule has 8 heteroatoms. The highest BCUT2D eigenvalue weighted by Gasteiger charge is 2.36. The number of carbonyl (C=O) groups is 2. The van der Waals surface area contributed by atoms with Gasteiger partial charge in [-0.3, -0.25) is 15.0 Å². The number of carbonyl (C=O) groups excluding carboxylic acids is 2. The second-order valence-corrected chi connectivity index (χ2v) is 4.60. The van der Waals surface area contributed by atoms with Gasteiger partial charge in [-0.2, -0.15) is 0 Å². The lowest BCUT2D eigenvalue weighted by molar-refractivity contribution is -0.130. The molecule has 8 nitrogen and oxygen atoms in total. The van der Waals surface area contributed by atoms with Crippen LogP contribution in [0.5, 0.6) is 0 Å². The van der Waals surface area contributed by atoms with Crippen LogP contribution >= 0.6 is 0 Å². The van der Waals surface area contributed by atoms with E-state index in [1.54, 1.807) is 12.0 Å². The highest BCUT2D eigenvalue weighted by Crippen LogP contribution is 2.20. The molecular formula is C11H17N5O3. The summed E-state index contributed by atoms with van der Waals surface area (Å²) in [5, 5.41) is 7.18. The molecule has 0 unspecified atom stereocenters. The molecule has 1 N–H and O–H groups in total. The smallest absolute Gasteiger partial charge is 0.244 e. The third-order valence-electron chi connectivity index (χ3n) is 3.13. The Labute approximate surface area is 110 Å². The van der Waals surface area contributed by atoms with Crippen molar-refractivity contribution in [2.24, 2.45) is 5.92 Å². The molecule has 0 saturated carbocycles. The number of rotatable bonds is 5. The van der Waals surface area contributed by atoms with Crippen LogP contribution in [0.3, 0.4) is 0 Å². The lowest BCUT2D eigenvalue weighted by Crippen LogP contribution is -2.38. The van der Waals surface area contributed by atoms with Crippen molar-refractivity contribution in [2.75, 3.05) is 25.7 Å². The molecule has 1 aliphatic rings. The molecule has 0 bridgehead atoms. The Morgan fingerprint density at radius 2 is 2.26 bits per heavy atom. The second kappa shape index (κ2) is 5.79. The van der Waals surface area contributed by atoms with E-state index in [0.29, 0.717) is 13.2 Å². The van der Waals surface area contributed by atoms with E-state index in [1.165, 1.54) is 17.3 Å². The molecule has 1 aromatic rings. The Morgan fingerprint density at radius 1 is 1.58 bits per heavy atom. The molecule has 0 aromatic carbocycles. The van der Waals surface area contributed by atoms with E-state index in [-0.39, 0.29) is 30.2 Å². The summed E-state index contributed by atoms with van der Waals surface area (Å²) in [6, 6.07) is -0.0230. The summed E-state index contributed by atoms with van der Waals surface area (Å²) < 4.78 is 6.40. The van der Waals surface area contributed by atoms with Crippen LogP contribution in [0.2, 0.25) is 0 Å². The Hall–Kier alpha value is -1.96. The van der Waals surface area contributed by atoms with Gasteiger partial charge in [0.25, 0.3) is 0 Å². The number of likely N-dealkylation sites (tertiary alicyclic amines) is 1. The maximum atomic E-state index is 12.0. The van der Waals surface area contributed by atoms with Gasteiger partial charge in [0, 0.05) is 20.1 Å². The quantitative estimate of drug-likeness (QED) is 0.757. The molecule has 104 valence electrons. The number of aromatic nitrogens is 3. The summed E-state index contributed by atoms with van der Waals surface area (Å²) in [6.45, 7) is 2.78. The van der Waals surface area contributed by atoms with Crippen molar-refractivity contribution in [1.29, 1.82) is 0 Å². The van der Waals surface area contributed by atoms with Gasteiger partial charge >= 0.3 is 0 Å². The third kappa shape index (κ3) is 3.08. The van der Waals surface area contributed by atoms with Crippen molar-refractivity contribution in [3.05, 3.63) is 12.7 Å². The lowest BCUT2D eigenvalue weighted by atomic mass is 10.1. The van der Waals surface area contributed by atoms with Crippen LogP contribution < -0.4 is 5.43 Å². The van der Waals surface area contributed by atoms with Crippen molar-refractivity contribution < 1.29 is 14.3 Å². The van der Waals surface area contributed by atoms with E-state index in [9.17, 15) is 9.59 Å². The highest BCUT2D eigenvalue weighted by molar-refractivity contribution is 5.93. The van der Waals surface area contributed by atoms with Crippen LogP contribution in [0.25, 0.3) is 0 Å². The van der Waals surface area contributed by atoms with Crippen LogP contribution in [0.1, 0.15) is 13.3 Å². The fourth-order valence-electron chi connectivity index (χ4n) is 2.14. The summed E-state index contributed by atoms with van der Waals surface area (Å²) in [6.07, 6.45) is 3.00. The lowest BCUT2D eigenvalue weighted by Gasteiger charge is -2.23. The average molecular weight is 267 g/mol. The van der Waals surface area contributed by atoms with Gasteiger partial charge in [0.1, 0.15) is 12.7 Å². The monoisotopic (exact) mass is 267 g/mol. The van der Waals surface area contributed by atoms with E-state index in [1.807, 2.05) is 6.92 Å². The summed E-state index contributed by atoms with van der Waals surface area (Å²) in [4.78, 5) is 25.5. The first kappa shape index (κ1) is 13.5. The Bertz CT molecular complexity index is 447. The first-order chi connectivity index (χ1) is 9.11. The minimum absolute atomic E-state index is 0.0199. The van der Waals surface area contributed by atoms with Gasteiger partial charge in [-0.25, -0.2) is 4.68 Å². The van der Waals surface area contributed by atoms with E-state index < -0.39 is 0 Å². The largest absolute Gasteiger partial charge is 0.383 e. The number of ether oxygens (including phenoxy) is 1. The van der Waals surface area contributed by atoms with Crippen LogP contribution in [0, 0.1) is 5.92 Å². The molecular weight excluding hydrogens is 250 g/mol. The van der Waals surface area contributed by atoms with Crippen LogP contribution in [-0.2, 0) is 14.3 Å². The topological polar surface area (TPSA) is 89.3 Å². The minimum Gasteiger partial charge on any atom is -0.383 e. The minimum atomic E-state index is -0.353. The number of nitrogens with zero attached hydrogens (tertiary/aromatic N) is 4. The summed E-state index contributed by atoms with van der Waals surface area (Å²) in [5.41, 5.74) is 2.62. The van der Waals surface area contributed by atoms with Crippen molar-refractivity contribution in [2.45, 2.75) is 19.4 Å². The van der Waals surface area contributed by atoms with Gasteiger partial charge in [0.05, 0.1) is 18.6 Å². The molecule has 2 amide bonds. The maximum absolute atomic E-state index is 12.0. The van der Waals surface area contributed by atoms with Crippen LogP contribution in [0.4, 0.5) is 0 Å². The zero-order valence-corrected chi connectivity index (χ0v) is 10.9. The second-order valence-electron chi connectivity index (χ2n) is 4.60. The van der Waals surface area contributed by atoms with E-state index in [4.69, 9.17) is 4.74 Å². The molecule has 0 aliphatic carbocycles. The van der Waals surface area contributed by atoms with Gasteiger partial charge in [0.15, 0.2) is 0 Å². The molecule has 0 radical (unpaired) electrons. The molecule has 2 atom stereocenters. The zero-order valence-electron chi connectivity index (χ0n) is 10.9. The van der Waals surface area contributed by atoms with E-state index >= 15 is 0 Å². The van der Waals surface area contributed by atoms with Gasteiger partial charge < -0.3 is 9.64 Å². The fourth-order valence-corrected chi connectivity index (χ4v) is 2.14. The number of hydrogen-bond acceptors (Lipinski definition) is 5. The molecule has 1 fully saturated rings. The third-order valence-corrected chi connectivity index (χ3v) is 3.13. The van der Waals surface area contributed by atoms with E-state index in [2.05, 4.69) is 15.6 Å². The Balaban J connectivity index is 1.93. The van der Waals surface area contributed by atoms with Crippen molar-refractivity contribution >= 4 is 11.8 Å². The molecule has 1 aliphatic heterocycles. The maximum Gasteiger partial charge on any atom is 0.244 e. The van der Waals surface area contributed by atoms with Crippen molar-refractivity contribution in [3.63, 3.8) is 0 Å². The summed E-state index contributed by atoms with van der Waals surface area (Å²) in [7, 11) is 1.59. The molecule has 2 rings (SSSR count). The predicted molar refractivity (Wildman–Crippen MR) is 65.5 cm³/mol. The molecule has 1 saturated heterocycles. The predicted octanol–water partition coefficient (Wildman–Crippen LogP) is -0.768. The Kier molecular flexibility index (Phi) is 4.10. The Morgan fingerprint density at radius 3 is 2.89 bits per heavy atom. The molecule has 0 spiro atoms. The SMILES string of the molecule is COC[C@H](C)N1C[C@@H](C(=O)Nn2cnnc2)CC1=O. The van der Waals surface area contributed by atoms with Gasteiger partial charge in [0.2, 0.25) is 11.8 Å². The van der Waals surface area contributed by atoms with Crippen LogP contribution in [0.15, 0.2) is 12.7 Å². The fraction of sp³-hybridized carbons (Fsp3) is 0.636.